The van der Waals surface area contributed by atoms with Crippen LogP contribution in [0.1, 0.15) is 45.4 Å². The van der Waals surface area contributed by atoms with Gasteiger partial charge < -0.3 is 4.43 Å². The molecule has 0 aliphatic carbocycles. The highest BCUT2D eigenvalue weighted by Gasteiger charge is 1.89. The van der Waals surface area contributed by atoms with Gasteiger partial charge in [-0.25, -0.2) is 0 Å². The summed E-state index contributed by atoms with van der Waals surface area (Å²) in [5.41, 5.74) is 0. The lowest BCUT2D eigenvalue weighted by Crippen LogP contribution is -1.91. The minimum atomic E-state index is -0.118. The summed E-state index contributed by atoms with van der Waals surface area (Å²) in [5.74, 6) is 0. The molecule has 11 heavy (non-hydrogen) atoms. The molecule has 0 N–H and O–H groups in total. The third-order valence-corrected chi connectivity index (χ3v) is 3.15. The minimum absolute atomic E-state index is 0.118. The first kappa shape index (κ1) is 11.2. The zero-order valence-corrected chi connectivity index (χ0v) is 9.48. The van der Waals surface area contributed by atoms with E-state index in [1.54, 1.807) is 0 Å². The summed E-state index contributed by atoms with van der Waals surface area (Å²) in [6.07, 6.45) is 8.48. The zero-order chi connectivity index (χ0) is 8.36. The van der Waals surface area contributed by atoms with E-state index >= 15 is 0 Å². The van der Waals surface area contributed by atoms with E-state index in [0.29, 0.717) is 0 Å². The molecule has 0 saturated carbocycles. The van der Waals surface area contributed by atoms with Gasteiger partial charge >= 0.3 is 0 Å². The first-order valence-electron chi connectivity index (χ1n) is 4.90. The molecule has 2 heteroatoms. The highest BCUT2D eigenvalue weighted by atomic mass is 28.2. The van der Waals surface area contributed by atoms with Crippen LogP contribution in [0.15, 0.2) is 0 Å². The predicted molar refractivity (Wildman–Crippen MR) is 53.7 cm³/mol. The van der Waals surface area contributed by atoms with Gasteiger partial charge in [-0.15, -0.1) is 0 Å². The predicted octanol–water partition coefficient (Wildman–Crippen LogP) is 2.50. The van der Waals surface area contributed by atoms with Gasteiger partial charge in [-0.3, -0.25) is 0 Å². The average molecular weight is 174 g/mol. The normalized spacial score (nSPS) is 11.5. The molecular weight excluding hydrogens is 152 g/mol. The summed E-state index contributed by atoms with van der Waals surface area (Å²) in [7, 11) is 1.72. The molecule has 0 rings (SSSR count). The smallest absolute Gasteiger partial charge is 0.161 e. The second-order valence-electron chi connectivity index (χ2n) is 3.11. The Kier molecular flexibility index (Phi) is 10.3. The van der Waals surface area contributed by atoms with Crippen molar-refractivity contribution in [3.63, 3.8) is 0 Å². The topological polar surface area (TPSA) is 9.23 Å². The summed E-state index contributed by atoms with van der Waals surface area (Å²) in [4.78, 5) is 0. The van der Waals surface area contributed by atoms with Gasteiger partial charge in [-0.1, -0.05) is 45.4 Å². The molecule has 0 aromatic carbocycles. The fourth-order valence-corrected chi connectivity index (χ4v) is 2.05. The van der Waals surface area contributed by atoms with E-state index < -0.39 is 0 Å². The lowest BCUT2D eigenvalue weighted by molar-refractivity contribution is 0.438. The van der Waals surface area contributed by atoms with Crippen LogP contribution in [-0.2, 0) is 4.43 Å². The lowest BCUT2D eigenvalue weighted by atomic mass is 10.1. The number of unbranched alkanes of at least 4 members (excludes halogenated alkanes) is 5. The molecule has 0 radical (unpaired) electrons. The van der Waals surface area contributed by atoms with E-state index in [-0.39, 0.29) is 9.76 Å². The Morgan fingerprint density at radius 2 is 1.64 bits per heavy atom. The fraction of sp³-hybridized carbons (Fsp3) is 1.00. The SMILES string of the molecule is CCCCCCCC[SiH2]OC. The molecule has 0 amide bonds. The summed E-state index contributed by atoms with van der Waals surface area (Å²) < 4.78 is 5.11. The van der Waals surface area contributed by atoms with Gasteiger partial charge in [-0.05, 0) is 6.04 Å². The summed E-state index contributed by atoms with van der Waals surface area (Å²) in [6.45, 7) is 2.26. The van der Waals surface area contributed by atoms with Crippen molar-refractivity contribution in [1.29, 1.82) is 0 Å². The van der Waals surface area contributed by atoms with Gasteiger partial charge in [0.15, 0.2) is 9.76 Å². The number of hydrogen-bond donors (Lipinski definition) is 0. The van der Waals surface area contributed by atoms with Crippen molar-refractivity contribution in [2.45, 2.75) is 51.5 Å². The zero-order valence-electron chi connectivity index (χ0n) is 8.07. The largest absolute Gasteiger partial charge is 0.427 e. The van der Waals surface area contributed by atoms with Gasteiger partial charge in [-0.2, -0.15) is 0 Å². The summed E-state index contributed by atoms with van der Waals surface area (Å²) in [6, 6.07) is 1.38. The van der Waals surface area contributed by atoms with Crippen LogP contribution in [0.5, 0.6) is 0 Å². The molecule has 0 aliphatic rings. The molecule has 0 spiro atoms. The van der Waals surface area contributed by atoms with E-state index in [1.807, 2.05) is 7.11 Å². The van der Waals surface area contributed by atoms with Crippen molar-refractivity contribution in [1.82, 2.24) is 0 Å². The van der Waals surface area contributed by atoms with E-state index in [1.165, 1.54) is 44.6 Å². The van der Waals surface area contributed by atoms with Gasteiger partial charge in [0.1, 0.15) is 0 Å². The van der Waals surface area contributed by atoms with Crippen molar-refractivity contribution in [3.8, 4) is 0 Å². The third kappa shape index (κ3) is 10.2. The first-order chi connectivity index (χ1) is 5.41. The molecule has 0 atom stereocenters. The van der Waals surface area contributed by atoms with Crippen LogP contribution in [0, 0.1) is 0 Å². The number of hydrogen-bond acceptors (Lipinski definition) is 1. The van der Waals surface area contributed by atoms with Crippen molar-refractivity contribution in [3.05, 3.63) is 0 Å². The molecule has 68 valence electrons. The fourth-order valence-electron chi connectivity index (χ4n) is 1.20. The molecule has 0 heterocycles. The Balaban J connectivity index is 2.69. The standard InChI is InChI=1S/C9H22OSi/c1-3-4-5-6-7-8-9-11-10-2/h3-9,11H2,1-2H3. The molecule has 0 bridgehead atoms. The van der Waals surface area contributed by atoms with Gasteiger partial charge in [0.2, 0.25) is 0 Å². The summed E-state index contributed by atoms with van der Waals surface area (Å²) in [5, 5.41) is 0. The minimum Gasteiger partial charge on any atom is -0.427 e. The summed E-state index contributed by atoms with van der Waals surface area (Å²) >= 11 is 0. The van der Waals surface area contributed by atoms with Crippen molar-refractivity contribution < 1.29 is 4.43 Å². The molecular formula is C9H22OSi. The van der Waals surface area contributed by atoms with E-state index in [0.717, 1.165) is 0 Å². The Bertz CT molecular complexity index is 58.6. The van der Waals surface area contributed by atoms with Crippen LogP contribution >= 0.6 is 0 Å². The van der Waals surface area contributed by atoms with Crippen LogP contribution in [0.2, 0.25) is 6.04 Å². The molecule has 0 saturated heterocycles. The van der Waals surface area contributed by atoms with Crippen LogP contribution in [0.25, 0.3) is 0 Å². The number of rotatable bonds is 8. The average Bonchev–Trinajstić information content (AvgIpc) is 2.03. The lowest BCUT2D eigenvalue weighted by Gasteiger charge is -1.98. The second kappa shape index (κ2) is 10.2. The van der Waals surface area contributed by atoms with Crippen molar-refractivity contribution in [2.75, 3.05) is 7.11 Å². The van der Waals surface area contributed by atoms with Gasteiger partial charge in [0.25, 0.3) is 0 Å². The van der Waals surface area contributed by atoms with Crippen LogP contribution in [0.4, 0.5) is 0 Å². The molecule has 0 aliphatic heterocycles. The highest BCUT2D eigenvalue weighted by Crippen LogP contribution is 2.06. The van der Waals surface area contributed by atoms with Crippen molar-refractivity contribution in [2.24, 2.45) is 0 Å². The van der Waals surface area contributed by atoms with Gasteiger partial charge in [0, 0.05) is 7.11 Å². The van der Waals surface area contributed by atoms with E-state index in [2.05, 4.69) is 6.92 Å². The Labute approximate surface area is 73.5 Å². The maximum absolute atomic E-state index is 5.11. The maximum Gasteiger partial charge on any atom is 0.161 e. The van der Waals surface area contributed by atoms with Crippen LogP contribution < -0.4 is 0 Å². The quantitative estimate of drug-likeness (QED) is 0.406. The Hall–Kier alpha value is 0.177. The Morgan fingerprint density at radius 1 is 1.00 bits per heavy atom. The van der Waals surface area contributed by atoms with Gasteiger partial charge in [0.05, 0.1) is 0 Å². The van der Waals surface area contributed by atoms with E-state index in [9.17, 15) is 0 Å². The van der Waals surface area contributed by atoms with Crippen LogP contribution in [0.3, 0.4) is 0 Å². The second-order valence-corrected chi connectivity index (χ2v) is 4.81. The molecule has 0 aromatic rings. The molecule has 0 fully saturated rings. The molecule has 0 unspecified atom stereocenters. The monoisotopic (exact) mass is 174 g/mol. The molecule has 1 nitrogen and oxygen atoms in total. The van der Waals surface area contributed by atoms with Crippen LogP contribution in [-0.4, -0.2) is 16.9 Å². The third-order valence-electron chi connectivity index (χ3n) is 1.95. The highest BCUT2D eigenvalue weighted by molar-refractivity contribution is 6.26. The molecule has 0 aromatic heterocycles. The van der Waals surface area contributed by atoms with E-state index in [4.69, 9.17) is 4.43 Å². The first-order valence-corrected chi connectivity index (χ1v) is 6.48. The van der Waals surface area contributed by atoms with Crippen molar-refractivity contribution >= 4 is 9.76 Å². The Morgan fingerprint density at radius 3 is 2.27 bits per heavy atom. The maximum atomic E-state index is 5.11.